The van der Waals surface area contributed by atoms with E-state index < -0.39 is 0 Å². The van der Waals surface area contributed by atoms with Crippen molar-refractivity contribution >= 4 is 5.82 Å². The smallest absolute Gasteiger partial charge is 0.134 e. The van der Waals surface area contributed by atoms with Gasteiger partial charge in [0.1, 0.15) is 11.6 Å². The number of anilines is 1. The van der Waals surface area contributed by atoms with Gasteiger partial charge in [-0.1, -0.05) is 20.3 Å². The molecule has 0 unspecified atom stereocenters. The second kappa shape index (κ2) is 6.88. The summed E-state index contributed by atoms with van der Waals surface area (Å²) in [5.74, 6) is 2.67. The molecule has 0 amide bonds. The van der Waals surface area contributed by atoms with Crippen LogP contribution in [0.15, 0.2) is 0 Å². The Morgan fingerprint density at radius 1 is 1.00 bits per heavy atom. The normalized spacial score (nSPS) is 15.2. The molecule has 1 heterocycles. The summed E-state index contributed by atoms with van der Waals surface area (Å²) in [4.78, 5) is 9.74. The molecule has 2 rings (SSSR count). The lowest BCUT2D eigenvalue weighted by Gasteiger charge is -2.17. The molecule has 1 aliphatic carbocycles. The maximum atomic E-state index is 4.91. The van der Waals surface area contributed by atoms with Crippen LogP contribution in [-0.4, -0.2) is 16.5 Å². The van der Waals surface area contributed by atoms with Crippen LogP contribution >= 0.6 is 0 Å². The lowest BCUT2D eigenvalue weighted by molar-refractivity contribution is 0.596. The fourth-order valence-corrected chi connectivity index (χ4v) is 2.94. The van der Waals surface area contributed by atoms with Crippen molar-refractivity contribution in [1.29, 1.82) is 0 Å². The molecule has 106 valence electrons. The number of hydrogen-bond acceptors (Lipinski definition) is 3. The molecule has 1 N–H and O–H groups in total. The first-order valence-corrected chi connectivity index (χ1v) is 7.93. The summed E-state index contributed by atoms with van der Waals surface area (Å²) in [6, 6.07) is 0. The summed E-state index contributed by atoms with van der Waals surface area (Å²) in [6.45, 7) is 7.54. The zero-order valence-corrected chi connectivity index (χ0v) is 12.6. The van der Waals surface area contributed by atoms with Crippen molar-refractivity contribution < 1.29 is 0 Å². The SMILES string of the molecule is CCNc1nc(C(CC)CC)nc2c1CCCCC2. The summed E-state index contributed by atoms with van der Waals surface area (Å²) >= 11 is 0. The molecule has 0 saturated heterocycles. The molecule has 0 fully saturated rings. The zero-order chi connectivity index (χ0) is 13.7. The molecule has 1 aliphatic rings. The topological polar surface area (TPSA) is 37.8 Å². The third-order valence-corrected chi connectivity index (χ3v) is 4.15. The van der Waals surface area contributed by atoms with E-state index in [0.29, 0.717) is 5.92 Å². The van der Waals surface area contributed by atoms with Crippen LogP contribution in [0.3, 0.4) is 0 Å². The van der Waals surface area contributed by atoms with Crippen LogP contribution in [0.25, 0.3) is 0 Å². The Morgan fingerprint density at radius 3 is 2.42 bits per heavy atom. The van der Waals surface area contributed by atoms with Gasteiger partial charge < -0.3 is 5.32 Å². The molecule has 0 aliphatic heterocycles. The molecule has 1 aromatic rings. The van der Waals surface area contributed by atoms with Crippen LogP contribution in [0.1, 0.15) is 75.9 Å². The van der Waals surface area contributed by atoms with Crippen LogP contribution in [-0.2, 0) is 12.8 Å². The highest BCUT2D eigenvalue weighted by molar-refractivity contribution is 5.47. The molecule has 1 aromatic heterocycles. The number of nitrogens with zero attached hydrogens (tertiary/aromatic N) is 2. The molecule has 0 spiro atoms. The summed E-state index contributed by atoms with van der Waals surface area (Å²) in [6.07, 6.45) is 8.39. The summed E-state index contributed by atoms with van der Waals surface area (Å²) in [7, 11) is 0. The van der Waals surface area contributed by atoms with Crippen LogP contribution in [0.5, 0.6) is 0 Å². The fraction of sp³-hybridized carbons (Fsp3) is 0.750. The van der Waals surface area contributed by atoms with E-state index in [1.165, 1.54) is 30.5 Å². The van der Waals surface area contributed by atoms with Gasteiger partial charge in [-0.25, -0.2) is 9.97 Å². The van der Waals surface area contributed by atoms with Crippen LogP contribution in [0.2, 0.25) is 0 Å². The van der Waals surface area contributed by atoms with E-state index in [4.69, 9.17) is 9.97 Å². The maximum absolute atomic E-state index is 4.91. The highest BCUT2D eigenvalue weighted by Crippen LogP contribution is 2.28. The highest BCUT2D eigenvalue weighted by Gasteiger charge is 2.19. The number of hydrogen-bond donors (Lipinski definition) is 1. The lowest BCUT2D eigenvalue weighted by Crippen LogP contribution is -2.13. The number of aryl methyl sites for hydroxylation is 1. The monoisotopic (exact) mass is 261 g/mol. The molecule has 19 heavy (non-hydrogen) atoms. The van der Waals surface area contributed by atoms with E-state index in [0.717, 1.165) is 43.9 Å². The van der Waals surface area contributed by atoms with E-state index in [2.05, 4.69) is 26.1 Å². The van der Waals surface area contributed by atoms with Gasteiger partial charge in [-0.15, -0.1) is 0 Å². The van der Waals surface area contributed by atoms with E-state index in [1.807, 2.05) is 0 Å². The van der Waals surface area contributed by atoms with Crippen molar-refractivity contribution in [2.45, 2.75) is 71.6 Å². The fourth-order valence-electron chi connectivity index (χ4n) is 2.94. The van der Waals surface area contributed by atoms with E-state index in [-0.39, 0.29) is 0 Å². The number of aromatic nitrogens is 2. The van der Waals surface area contributed by atoms with E-state index in [1.54, 1.807) is 0 Å². The highest BCUT2D eigenvalue weighted by atomic mass is 15.0. The van der Waals surface area contributed by atoms with Crippen molar-refractivity contribution in [1.82, 2.24) is 9.97 Å². The molecule has 0 radical (unpaired) electrons. The van der Waals surface area contributed by atoms with Crippen LogP contribution in [0.4, 0.5) is 5.82 Å². The minimum absolute atomic E-state index is 0.506. The van der Waals surface area contributed by atoms with E-state index >= 15 is 0 Å². The van der Waals surface area contributed by atoms with Gasteiger partial charge in [0, 0.05) is 23.7 Å². The van der Waals surface area contributed by atoms with Crippen molar-refractivity contribution in [3.05, 3.63) is 17.1 Å². The van der Waals surface area contributed by atoms with Crippen molar-refractivity contribution in [2.24, 2.45) is 0 Å². The minimum atomic E-state index is 0.506. The first-order valence-electron chi connectivity index (χ1n) is 7.93. The van der Waals surface area contributed by atoms with Crippen LogP contribution in [0, 0.1) is 0 Å². The Kier molecular flexibility index (Phi) is 5.17. The summed E-state index contributed by atoms with van der Waals surface area (Å²) in [5, 5.41) is 3.46. The van der Waals surface area contributed by atoms with Gasteiger partial charge in [-0.3, -0.25) is 0 Å². The van der Waals surface area contributed by atoms with E-state index in [9.17, 15) is 0 Å². The summed E-state index contributed by atoms with van der Waals surface area (Å²) in [5.41, 5.74) is 2.69. The molecule has 3 heteroatoms. The third-order valence-electron chi connectivity index (χ3n) is 4.15. The van der Waals surface area contributed by atoms with Gasteiger partial charge in [-0.05, 0) is 45.4 Å². The number of nitrogens with one attached hydrogen (secondary N) is 1. The van der Waals surface area contributed by atoms with Gasteiger partial charge in [-0.2, -0.15) is 0 Å². The first-order chi connectivity index (χ1) is 9.30. The predicted molar refractivity (Wildman–Crippen MR) is 80.8 cm³/mol. The standard InChI is InChI=1S/C16H27N3/c1-4-12(5-2)15-18-14-11-9-7-8-10-13(14)16(19-15)17-6-3/h12H,4-11H2,1-3H3,(H,17,18,19). The zero-order valence-electron chi connectivity index (χ0n) is 12.6. The van der Waals surface area contributed by atoms with Gasteiger partial charge in [0.25, 0.3) is 0 Å². The molecule has 0 bridgehead atoms. The van der Waals surface area contributed by atoms with Gasteiger partial charge >= 0.3 is 0 Å². The Hall–Kier alpha value is -1.12. The van der Waals surface area contributed by atoms with Gasteiger partial charge in [0.15, 0.2) is 0 Å². The summed E-state index contributed by atoms with van der Waals surface area (Å²) < 4.78 is 0. The molecule has 0 aromatic carbocycles. The van der Waals surface area contributed by atoms with Gasteiger partial charge in [0.05, 0.1) is 0 Å². The molecular formula is C16H27N3. The maximum Gasteiger partial charge on any atom is 0.134 e. The first kappa shape index (κ1) is 14.3. The second-order valence-corrected chi connectivity index (χ2v) is 5.46. The van der Waals surface area contributed by atoms with Crippen molar-refractivity contribution in [2.75, 3.05) is 11.9 Å². The average Bonchev–Trinajstić information content (AvgIpc) is 2.66. The Morgan fingerprint density at radius 2 is 1.74 bits per heavy atom. The minimum Gasteiger partial charge on any atom is -0.370 e. The van der Waals surface area contributed by atoms with Crippen molar-refractivity contribution in [3.63, 3.8) is 0 Å². The third kappa shape index (κ3) is 3.26. The van der Waals surface area contributed by atoms with Crippen molar-refractivity contribution in [3.8, 4) is 0 Å². The lowest BCUT2D eigenvalue weighted by atomic mass is 10.0. The number of rotatable bonds is 5. The molecular weight excluding hydrogens is 234 g/mol. The largest absolute Gasteiger partial charge is 0.370 e. The average molecular weight is 261 g/mol. The van der Waals surface area contributed by atoms with Gasteiger partial charge in [0.2, 0.25) is 0 Å². The Bertz CT molecular complexity index is 411. The van der Waals surface area contributed by atoms with Crippen LogP contribution < -0.4 is 5.32 Å². The quantitative estimate of drug-likeness (QED) is 0.812. The number of fused-ring (bicyclic) bond motifs is 1. The molecule has 3 nitrogen and oxygen atoms in total. The predicted octanol–water partition coefficient (Wildman–Crippen LogP) is 4.08. The Labute approximate surface area is 117 Å². The molecule has 0 atom stereocenters. The molecule has 0 saturated carbocycles. The Balaban J connectivity index is 2.41. The second-order valence-electron chi connectivity index (χ2n) is 5.46.